The Kier molecular flexibility index (Phi) is 10.7. The highest BCUT2D eigenvalue weighted by Crippen LogP contribution is 2.19. The van der Waals surface area contributed by atoms with Crippen LogP contribution >= 0.6 is 12.6 Å². The molecule has 4 atom stereocenters. The second kappa shape index (κ2) is 13.5. The molecule has 4 unspecified atom stereocenters. The van der Waals surface area contributed by atoms with Gasteiger partial charge in [-0.25, -0.2) is 4.79 Å². The van der Waals surface area contributed by atoms with E-state index in [9.17, 15) is 29.1 Å². The third kappa shape index (κ3) is 7.96. The highest BCUT2D eigenvalue weighted by Gasteiger charge is 2.30. The van der Waals surface area contributed by atoms with Crippen LogP contribution in [-0.4, -0.2) is 81.3 Å². The van der Waals surface area contributed by atoms with Crippen molar-refractivity contribution < 1.29 is 34.2 Å². The molecule has 1 aromatic heterocycles. The topological polar surface area (TPSA) is 230 Å². The molecule has 1 heterocycles. The minimum atomic E-state index is -1.42. The van der Waals surface area contributed by atoms with E-state index in [1.54, 1.807) is 12.3 Å². The number of hydrogen-bond acceptors (Lipinski definition) is 8. The summed E-state index contributed by atoms with van der Waals surface area (Å²) >= 11 is 4.06. The van der Waals surface area contributed by atoms with Gasteiger partial charge in [-0.15, -0.1) is 0 Å². The Bertz CT molecular complexity index is 1110. The molecule has 0 saturated heterocycles. The number of aromatic nitrogens is 1. The number of nitrogens with one attached hydrogen (secondary N) is 4. The minimum absolute atomic E-state index is 0.0207. The number of H-pyrrole nitrogens is 1. The molecule has 0 saturated carbocycles. The number of aromatic amines is 1. The number of amides is 4. The predicted molar refractivity (Wildman–Crippen MR) is 133 cm³/mol. The van der Waals surface area contributed by atoms with Gasteiger partial charge in [-0.1, -0.05) is 18.2 Å². The molecule has 10 N–H and O–H groups in total. The first-order chi connectivity index (χ1) is 17.1. The summed E-state index contributed by atoms with van der Waals surface area (Å²) in [4.78, 5) is 63.8. The summed E-state index contributed by atoms with van der Waals surface area (Å²) in [6, 6.07) is 2.14. The van der Waals surface area contributed by atoms with Crippen molar-refractivity contribution in [1.82, 2.24) is 20.9 Å². The molecule has 0 aliphatic rings. The lowest BCUT2D eigenvalue weighted by Crippen LogP contribution is -2.58. The number of fused-ring (bicyclic) bond motifs is 1. The van der Waals surface area contributed by atoms with Gasteiger partial charge in [0.1, 0.15) is 24.2 Å². The van der Waals surface area contributed by atoms with Crippen LogP contribution in [0.15, 0.2) is 30.5 Å². The molecule has 0 aliphatic carbocycles. The fourth-order valence-corrected chi connectivity index (χ4v) is 3.63. The minimum Gasteiger partial charge on any atom is -0.480 e. The van der Waals surface area contributed by atoms with Crippen LogP contribution < -0.4 is 27.4 Å². The standard InChI is InChI=1S/C22H30N6O7S/c23-13(9-29)19(31)28-17(10-36)21(33)27-16(7-11-8-25-14-4-2-1-3-12(11)14)20(32)26-15(22(34)35)5-6-18(24)30/h1-4,8,13,15-17,25,29,36H,5-7,9-10,23H2,(H2,24,30)(H,26,32)(H,27,33)(H,28,31)(H,34,35). The van der Waals surface area contributed by atoms with Crippen LogP contribution in [0.25, 0.3) is 10.9 Å². The normalized spacial score (nSPS) is 14.3. The molecule has 0 radical (unpaired) electrons. The third-order valence-electron chi connectivity index (χ3n) is 5.37. The number of carbonyl (C=O) groups excluding carboxylic acids is 4. The summed E-state index contributed by atoms with van der Waals surface area (Å²) in [5.41, 5.74) is 12.0. The van der Waals surface area contributed by atoms with Gasteiger partial charge in [0.05, 0.1) is 6.61 Å². The molecule has 1 aromatic carbocycles. The molecular formula is C22H30N6O7S. The van der Waals surface area contributed by atoms with Gasteiger partial charge in [-0.2, -0.15) is 12.6 Å². The third-order valence-corrected chi connectivity index (χ3v) is 5.74. The first kappa shape index (κ1) is 28.6. The van der Waals surface area contributed by atoms with Gasteiger partial charge in [0.15, 0.2) is 0 Å². The molecule has 0 spiro atoms. The zero-order chi connectivity index (χ0) is 26.8. The van der Waals surface area contributed by atoms with Gasteiger partial charge in [0.25, 0.3) is 0 Å². The number of aliphatic carboxylic acids is 1. The Balaban J connectivity index is 2.27. The summed E-state index contributed by atoms with van der Waals surface area (Å²) in [5, 5.41) is 26.5. The van der Waals surface area contributed by atoms with Gasteiger partial charge in [0, 0.05) is 35.7 Å². The average Bonchev–Trinajstić information content (AvgIpc) is 3.26. The van der Waals surface area contributed by atoms with Crippen molar-refractivity contribution in [3.63, 3.8) is 0 Å². The van der Waals surface area contributed by atoms with Crippen molar-refractivity contribution in [1.29, 1.82) is 0 Å². The number of rotatable bonds is 14. The van der Waals surface area contributed by atoms with Gasteiger partial charge >= 0.3 is 5.97 Å². The fraction of sp³-hybridized carbons (Fsp3) is 0.409. The molecular weight excluding hydrogens is 492 g/mol. The second-order valence-electron chi connectivity index (χ2n) is 8.06. The molecule has 0 aliphatic heterocycles. The number of para-hydroxylation sites is 1. The van der Waals surface area contributed by atoms with E-state index in [1.807, 2.05) is 18.2 Å². The maximum absolute atomic E-state index is 13.1. The second-order valence-corrected chi connectivity index (χ2v) is 8.43. The number of primary amides is 1. The Morgan fingerprint density at radius 1 is 0.972 bits per heavy atom. The first-order valence-electron chi connectivity index (χ1n) is 11.0. The monoisotopic (exact) mass is 522 g/mol. The fourth-order valence-electron chi connectivity index (χ4n) is 3.37. The highest BCUT2D eigenvalue weighted by atomic mass is 32.1. The van der Waals surface area contributed by atoms with Crippen LogP contribution in [0, 0.1) is 0 Å². The van der Waals surface area contributed by atoms with Crippen LogP contribution in [0.1, 0.15) is 18.4 Å². The molecule has 0 bridgehead atoms. The number of carboxylic acid groups (broad SMARTS) is 1. The van der Waals surface area contributed by atoms with Crippen molar-refractivity contribution in [3.8, 4) is 0 Å². The van der Waals surface area contributed by atoms with Gasteiger partial charge in [-0.3, -0.25) is 19.2 Å². The first-order valence-corrected chi connectivity index (χ1v) is 11.6. The number of aliphatic hydroxyl groups is 1. The summed E-state index contributed by atoms with van der Waals surface area (Å²) in [6.07, 6.45) is 1.14. The van der Waals surface area contributed by atoms with Crippen LogP contribution in [0.4, 0.5) is 0 Å². The lowest BCUT2D eigenvalue weighted by molar-refractivity contribution is -0.142. The molecule has 13 nitrogen and oxygen atoms in total. The van der Waals surface area contributed by atoms with Crippen LogP contribution in [0.2, 0.25) is 0 Å². The maximum atomic E-state index is 13.1. The number of carboxylic acids is 1. The molecule has 36 heavy (non-hydrogen) atoms. The summed E-state index contributed by atoms with van der Waals surface area (Å²) in [6.45, 7) is -0.639. The zero-order valence-corrected chi connectivity index (χ0v) is 20.2. The number of hydrogen-bond donors (Lipinski definition) is 9. The Morgan fingerprint density at radius 3 is 2.19 bits per heavy atom. The Labute approximate surface area is 211 Å². The van der Waals surface area contributed by atoms with Crippen molar-refractivity contribution in [3.05, 3.63) is 36.0 Å². The van der Waals surface area contributed by atoms with E-state index >= 15 is 0 Å². The Hall–Kier alpha value is -3.62. The smallest absolute Gasteiger partial charge is 0.326 e. The quantitative estimate of drug-likeness (QED) is 0.123. The van der Waals surface area contributed by atoms with E-state index in [2.05, 4.69) is 33.6 Å². The number of nitrogens with two attached hydrogens (primary N) is 2. The number of thiol groups is 1. The van der Waals surface area contributed by atoms with Crippen molar-refractivity contribution in [2.45, 2.75) is 43.4 Å². The van der Waals surface area contributed by atoms with E-state index < -0.39 is 60.4 Å². The predicted octanol–water partition coefficient (Wildman–Crippen LogP) is -2.24. The number of aliphatic hydroxyl groups excluding tert-OH is 1. The van der Waals surface area contributed by atoms with Crippen LogP contribution in [-0.2, 0) is 30.4 Å². The average molecular weight is 523 g/mol. The van der Waals surface area contributed by atoms with Gasteiger partial charge in [-0.05, 0) is 18.1 Å². The largest absolute Gasteiger partial charge is 0.480 e. The van der Waals surface area contributed by atoms with E-state index in [1.165, 1.54) is 0 Å². The number of carbonyl (C=O) groups is 5. The SMILES string of the molecule is NC(=O)CCC(NC(=O)C(Cc1c[nH]c2ccccc12)NC(=O)C(CS)NC(=O)C(N)CO)C(=O)O. The van der Waals surface area contributed by atoms with Crippen LogP contribution in [0.3, 0.4) is 0 Å². The molecule has 2 aromatic rings. The van der Waals surface area contributed by atoms with Crippen LogP contribution in [0.5, 0.6) is 0 Å². The van der Waals surface area contributed by atoms with Gasteiger partial charge in [0.2, 0.25) is 23.6 Å². The summed E-state index contributed by atoms with van der Waals surface area (Å²) < 4.78 is 0. The molecule has 14 heteroatoms. The maximum Gasteiger partial charge on any atom is 0.326 e. The number of benzene rings is 1. The van der Waals surface area contributed by atoms with E-state index in [-0.39, 0.29) is 25.0 Å². The molecule has 2 rings (SSSR count). The highest BCUT2D eigenvalue weighted by molar-refractivity contribution is 7.80. The van der Waals surface area contributed by atoms with E-state index in [0.29, 0.717) is 5.56 Å². The molecule has 0 fully saturated rings. The van der Waals surface area contributed by atoms with Crippen molar-refractivity contribution in [2.75, 3.05) is 12.4 Å². The van der Waals surface area contributed by atoms with Crippen molar-refractivity contribution >= 4 is 53.1 Å². The van der Waals surface area contributed by atoms with Gasteiger partial charge < -0.3 is 42.6 Å². The summed E-state index contributed by atoms with van der Waals surface area (Å²) in [7, 11) is 0. The zero-order valence-electron chi connectivity index (χ0n) is 19.3. The lowest BCUT2D eigenvalue weighted by atomic mass is 10.0. The van der Waals surface area contributed by atoms with E-state index in [0.717, 1.165) is 10.9 Å². The molecule has 196 valence electrons. The molecule has 4 amide bonds. The summed E-state index contributed by atoms with van der Waals surface area (Å²) in [5.74, 6) is -4.63. The Morgan fingerprint density at radius 2 is 1.58 bits per heavy atom. The lowest BCUT2D eigenvalue weighted by Gasteiger charge is -2.24. The van der Waals surface area contributed by atoms with Crippen molar-refractivity contribution in [2.24, 2.45) is 11.5 Å². The van der Waals surface area contributed by atoms with E-state index in [4.69, 9.17) is 16.6 Å².